The third-order valence-corrected chi connectivity index (χ3v) is 4.88. The van der Waals surface area contributed by atoms with Gasteiger partial charge in [0.15, 0.2) is 0 Å². The van der Waals surface area contributed by atoms with Gasteiger partial charge in [-0.3, -0.25) is 5.41 Å². The number of carbonyl (C=O) groups is 1. The quantitative estimate of drug-likeness (QED) is 0.695. The van der Waals surface area contributed by atoms with Gasteiger partial charge >= 0.3 is 5.97 Å². The van der Waals surface area contributed by atoms with Crippen LogP contribution in [0.4, 0.5) is 0 Å². The predicted molar refractivity (Wildman–Crippen MR) is 101 cm³/mol. The van der Waals surface area contributed by atoms with E-state index in [9.17, 15) is 10.1 Å². The van der Waals surface area contributed by atoms with Crippen LogP contribution in [-0.2, 0) is 4.74 Å². The number of rotatable bonds is 2. The molecule has 132 valence electrons. The van der Waals surface area contributed by atoms with Crippen molar-refractivity contribution in [2.75, 3.05) is 7.11 Å². The molecule has 0 aromatic heterocycles. The second kappa shape index (κ2) is 6.58. The third kappa shape index (κ3) is 2.72. The fourth-order valence-corrected chi connectivity index (χ4v) is 3.61. The summed E-state index contributed by atoms with van der Waals surface area (Å²) in [7, 11) is 1.33. The van der Waals surface area contributed by atoms with Gasteiger partial charge in [0.25, 0.3) is 0 Å². The average Bonchev–Trinajstić information content (AvgIpc) is 2.72. The van der Waals surface area contributed by atoms with E-state index in [4.69, 9.17) is 14.9 Å². The molecule has 4 rings (SSSR count). The van der Waals surface area contributed by atoms with Crippen molar-refractivity contribution in [1.82, 2.24) is 0 Å². The molecule has 1 N–H and O–H groups in total. The van der Waals surface area contributed by atoms with Gasteiger partial charge in [-0.2, -0.15) is 5.26 Å². The van der Waals surface area contributed by atoms with Crippen molar-refractivity contribution in [2.24, 2.45) is 5.92 Å². The summed E-state index contributed by atoms with van der Waals surface area (Å²) in [6.07, 6.45) is 0. The average molecular weight is 356 g/mol. The van der Waals surface area contributed by atoms with E-state index in [0.29, 0.717) is 11.3 Å². The van der Waals surface area contributed by atoms with Crippen LogP contribution in [0.1, 0.15) is 27.4 Å². The van der Waals surface area contributed by atoms with Crippen LogP contribution in [0.3, 0.4) is 0 Å². The van der Waals surface area contributed by atoms with Crippen LogP contribution in [0.2, 0.25) is 0 Å². The van der Waals surface area contributed by atoms with E-state index >= 15 is 0 Å². The Balaban J connectivity index is 1.94. The Bertz CT molecular complexity index is 1110. The molecule has 1 heterocycles. The van der Waals surface area contributed by atoms with Gasteiger partial charge in [-0.1, -0.05) is 48.5 Å². The number of nitrogens with one attached hydrogen (secondary N) is 1. The van der Waals surface area contributed by atoms with Crippen LogP contribution in [0.5, 0.6) is 5.75 Å². The molecule has 0 bridgehead atoms. The molecule has 0 aliphatic carbocycles. The Hall–Kier alpha value is -3.65. The second-order valence-electron chi connectivity index (χ2n) is 6.37. The molecule has 0 radical (unpaired) electrons. The van der Waals surface area contributed by atoms with Gasteiger partial charge in [-0.05, 0) is 23.1 Å². The molecule has 0 fully saturated rings. The Morgan fingerprint density at radius 3 is 2.74 bits per heavy atom. The largest absolute Gasteiger partial charge is 0.465 e. The molecule has 3 aromatic carbocycles. The van der Waals surface area contributed by atoms with E-state index in [0.717, 1.165) is 21.9 Å². The number of ether oxygens (including phenoxy) is 2. The number of nitrogens with zero attached hydrogens (tertiary/aromatic N) is 1. The second-order valence-corrected chi connectivity index (χ2v) is 6.37. The summed E-state index contributed by atoms with van der Waals surface area (Å²) in [6, 6.07) is 20.9. The molecule has 5 heteroatoms. The molecule has 1 aliphatic rings. The minimum absolute atomic E-state index is 0.0881. The van der Waals surface area contributed by atoms with Crippen molar-refractivity contribution in [3.8, 4) is 11.8 Å². The van der Waals surface area contributed by atoms with Crippen LogP contribution >= 0.6 is 0 Å². The first kappa shape index (κ1) is 16.8. The van der Waals surface area contributed by atoms with E-state index in [1.807, 2.05) is 42.5 Å². The molecule has 0 saturated heterocycles. The Morgan fingerprint density at radius 2 is 1.96 bits per heavy atom. The number of methoxy groups -OCH3 is 1. The maximum absolute atomic E-state index is 11.9. The highest BCUT2D eigenvalue weighted by Gasteiger charge is 2.37. The monoisotopic (exact) mass is 356 g/mol. The lowest BCUT2D eigenvalue weighted by Gasteiger charge is -2.31. The summed E-state index contributed by atoms with van der Waals surface area (Å²) in [4.78, 5) is 11.9. The lowest BCUT2D eigenvalue weighted by molar-refractivity contribution is 0.0600. The summed E-state index contributed by atoms with van der Waals surface area (Å²) in [5.41, 5.74) is 2.01. The lowest BCUT2D eigenvalue weighted by Crippen LogP contribution is -2.31. The summed E-state index contributed by atoms with van der Waals surface area (Å²) >= 11 is 0. The van der Waals surface area contributed by atoms with Crippen molar-refractivity contribution < 1.29 is 14.3 Å². The number of esters is 1. The van der Waals surface area contributed by atoms with Gasteiger partial charge in [0.1, 0.15) is 11.7 Å². The highest BCUT2D eigenvalue weighted by atomic mass is 16.5. The molecule has 2 unspecified atom stereocenters. The molecular formula is C22H16N2O3. The Labute approximate surface area is 156 Å². The Kier molecular flexibility index (Phi) is 4.09. The zero-order chi connectivity index (χ0) is 19.0. The zero-order valence-corrected chi connectivity index (χ0v) is 14.6. The molecule has 3 aromatic rings. The van der Waals surface area contributed by atoms with Gasteiger partial charge in [0.05, 0.1) is 18.7 Å². The standard InChI is InChI=1S/C22H16N2O3/c1-26-22(25)15-7-4-6-14(11-15)19-17-10-9-13-5-2-3-8-16(13)20(17)27-21(24)18(19)12-23/h2-11,18-19,24H,1H3. The van der Waals surface area contributed by atoms with Crippen LogP contribution in [0.25, 0.3) is 10.8 Å². The van der Waals surface area contributed by atoms with Crippen molar-refractivity contribution >= 4 is 22.6 Å². The summed E-state index contributed by atoms with van der Waals surface area (Å²) in [5, 5.41) is 19.9. The number of nitriles is 1. The number of benzene rings is 3. The molecule has 0 amide bonds. The summed E-state index contributed by atoms with van der Waals surface area (Å²) in [5.74, 6) is -1.11. The predicted octanol–water partition coefficient (Wildman–Crippen LogP) is 4.27. The van der Waals surface area contributed by atoms with E-state index < -0.39 is 17.8 Å². The van der Waals surface area contributed by atoms with E-state index in [1.165, 1.54) is 7.11 Å². The van der Waals surface area contributed by atoms with Gasteiger partial charge in [-0.25, -0.2) is 4.79 Å². The molecule has 1 aliphatic heterocycles. The minimum Gasteiger partial charge on any atom is -0.465 e. The molecule has 27 heavy (non-hydrogen) atoms. The van der Waals surface area contributed by atoms with Crippen molar-refractivity contribution in [3.63, 3.8) is 0 Å². The van der Waals surface area contributed by atoms with Crippen LogP contribution in [-0.4, -0.2) is 19.0 Å². The van der Waals surface area contributed by atoms with Crippen LogP contribution in [0, 0.1) is 22.7 Å². The van der Waals surface area contributed by atoms with Gasteiger partial charge in [-0.15, -0.1) is 0 Å². The number of fused-ring (bicyclic) bond motifs is 3. The molecule has 2 atom stereocenters. The van der Waals surface area contributed by atoms with Gasteiger partial charge in [0.2, 0.25) is 5.90 Å². The van der Waals surface area contributed by atoms with Crippen molar-refractivity contribution in [2.45, 2.75) is 5.92 Å². The fourth-order valence-electron chi connectivity index (χ4n) is 3.61. The lowest BCUT2D eigenvalue weighted by atomic mass is 9.78. The summed E-state index contributed by atoms with van der Waals surface area (Å²) < 4.78 is 10.6. The number of hydrogen-bond acceptors (Lipinski definition) is 5. The van der Waals surface area contributed by atoms with Crippen molar-refractivity contribution in [1.29, 1.82) is 10.7 Å². The number of hydrogen-bond donors (Lipinski definition) is 1. The summed E-state index contributed by atoms with van der Waals surface area (Å²) in [6.45, 7) is 0. The minimum atomic E-state index is -0.772. The van der Waals surface area contributed by atoms with Crippen molar-refractivity contribution in [3.05, 3.63) is 77.4 Å². The van der Waals surface area contributed by atoms with E-state index in [2.05, 4.69) is 6.07 Å². The fraction of sp³-hybridized carbons (Fsp3) is 0.136. The third-order valence-electron chi connectivity index (χ3n) is 4.88. The first-order valence-corrected chi connectivity index (χ1v) is 8.50. The normalized spacial score (nSPS) is 18.3. The maximum atomic E-state index is 11.9. The van der Waals surface area contributed by atoms with Crippen LogP contribution in [0.15, 0.2) is 60.7 Å². The first-order valence-electron chi connectivity index (χ1n) is 8.50. The SMILES string of the molecule is COC(=O)c1cccc(C2c3ccc4ccccc4c3OC(=N)C2C#N)c1. The maximum Gasteiger partial charge on any atom is 0.337 e. The molecule has 5 nitrogen and oxygen atoms in total. The van der Waals surface area contributed by atoms with Crippen LogP contribution < -0.4 is 4.74 Å². The Morgan fingerprint density at radius 1 is 1.15 bits per heavy atom. The first-order chi connectivity index (χ1) is 13.1. The zero-order valence-electron chi connectivity index (χ0n) is 14.6. The van der Waals surface area contributed by atoms with E-state index in [1.54, 1.807) is 18.2 Å². The highest BCUT2D eigenvalue weighted by Crippen LogP contribution is 2.45. The molecule has 0 spiro atoms. The topological polar surface area (TPSA) is 83.2 Å². The number of carbonyl (C=O) groups excluding carboxylic acids is 1. The molecular weight excluding hydrogens is 340 g/mol. The molecule has 0 saturated carbocycles. The van der Waals surface area contributed by atoms with Gasteiger partial charge in [0, 0.05) is 16.9 Å². The van der Waals surface area contributed by atoms with E-state index in [-0.39, 0.29) is 5.90 Å². The smallest absolute Gasteiger partial charge is 0.337 e. The van der Waals surface area contributed by atoms with Gasteiger partial charge < -0.3 is 9.47 Å². The highest BCUT2D eigenvalue weighted by molar-refractivity contribution is 5.96.